The summed E-state index contributed by atoms with van der Waals surface area (Å²) in [5.74, 6) is -1.06. The van der Waals surface area contributed by atoms with Crippen LogP contribution in [0.3, 0.4) is 0 Å². The molecule has 0 spiro atoms. The Balaban J connectivity index is 1.21. The quantitative estimate of drug-likeness (QED) is 0.172. The second-order valence-corrected chi connectivity index (χ2v) is 12.9. The number of ether oxygens (including phenoxy) is 2. The molecule has 20 nitrogen and oxygen atoms in total. The van der Waals surface area contributed by atoms with Crippen molar-refractivity contribution in [2.45, 2.75) is 49.1 Å². The highest BCUT2D eigenvalue weighted by atomic mass is 31.2. The van der Waals surface area contributed by atoms with Crippen LogP contribution < -0.4 is 11.3 Å². The van der Waals surface area contributed by atoms with E-state index in [1.54, 1.807) is 0 Å². The zero-order valence-corrected chi connectivity index (χ0v) is 24.1. The van der Waals surface area contributed by atoms with E-state index < -0.39 is 94.8 Å². The number of phosphoric ester groups is 2. The summed E-state index contributed by atoms with van der Waals surface area (Å²) in [5, 5.41) is 10.5. The van der Waals surface area contributed by atoms with E-state index >= 15 is 4.39 Å². The summed E-state index contributed by atoms with van der Waals surface area (Å²) in [5.41, 5.74) is 4.81. The van der Waals surface area contributed by atoms with E-state index in [4.69, 9.17) is 33.3 Å². The molecular formula is C21H22F2N8O12P2. The van der Waals surface area contributed by atoms with Crippen LogP contribution in [-0.4, -0.2) is 98.9 Å². The number of halogens is 2. The Bertz CT molecular complexity index is 1940. The highest BCUT2D eigenvalue weighted by Crippen LogP contribution is 2.54. The van der Waals surface area contributed by atoms with E-state index in [1.807, 2.05) is 0 Å². The molecule has 3 saturated heterocycles. The molecule has 0 amide bonds. The zero-order chi connectivity index (χ0) is 31.8. The molecule has 242 valence electrons. The molecule has 4 aromatic heterocycles. The first kappa shape index (κ1) is 30.4. The Morgan fingerprint density at radius 1 is 0.956 bits per heavy atom. The van der Waals surface area contributed by atoms with E-state index in [9.17, 15) is 33.2 Å². The van der Waals surface area contributed by atoms with E-state index in [0.29, 0.717) is 0 Å². The van der Waals surface area contributed by atoms with Crippen LogP contribution in [0, 0.1) is 5.82 Å². The van der Waals surface area contributed by atoms with Gasteiger partial charge in [-0.05, 0) is 0 Å². The molecule has 6 N–H and O–H groups in total. The van der Waals surface area contributed by atoms with Crippen LogP contribution in [0.2, 0.25) is 0 Å². The summed E-state index contributed by atoms with van der Waals surface area (Å²) in [6.45, 7) is -1.85. The fraction of sp³-hybridized carbons (Fsp3) is 0.476. The number of aliphatic hydroxyl groups is 1. The zero-order valence-electron chi connectivity index (χ0n) is 22.3. The summed E-state index contributed by atoms with van der Waals surface area (Å²) in [6.07, 6.45) is -10.3. The number of nitrogens with one attached hydrogen (secondary N) is 1. The molecule has 0 radical (unpaired) electrons. The maximum absolute atomic E-state index is 15.9. The minimum Gasteiger partial charge on any atom is -0.387 e. The van der Waals surface area contributed by atoms with Crippen LogP contribution in [0.5, 0.6) is 0 Å². The van der Waals surface area contributed by atoms with Gasteiger partial charge in [0.25, 0.3) is 5.56 Å². The van der Waals surface area contributed by atoms with Crippen LogP contribution in [0.15, 0.2) is 30.0 Å². The second-order valence-electron chi connectivity index (χ2n) is 10.1. The molecule has 0 aromatic carbocycles. The van der Waals surface area contributed by atoms with Crippen molar-refractivity contribution < 1.29 is 60.4 Å². The summed E-state index contributed by atoms with van der Waals surface area (Å²) >= 11 is 0. The molecule has 24 heteroatoms. The third kappa shape index (κ3) is 5.26. The lowest BCUT2D eigenvalue weighted by Crippen LogP contribution is -2.35. The molecule has 3 aliphatic rings. The van der Waals surface area contributed by atoms with Crippen molar-refractivity contribution >= 4 is 43.7 Å². The first-order valence-corrected chi connectivity index (χ1v) is 15.9. The molecule has 45 heavy (non-hydrogen) atoms. The van der Waals surface area contributed by atoms with Gasteiger partial charge in [0.05, 0.1) is 25.9 Å². The van der Waals surface area contributed by atoms with Gasteiger partial charge in [0.1, 0.15) is 47.8 Å². The fourth-order valence-electron chi connectivity index (χ4n) is 5.37. The number of aromatic amines is 1. The number of aromatic nitrogens is 7. The van der Waals surface area contributed by atoms with Crippen molar-refractivity contribution in [2.75, 3.05) is 18.9 Å². The largest absolute Gasteiger partial charge is 0.472 e. The van der Waals surface area contributed by atoms with Gasteiger partial charge in [-0.1, -0.05) is 0 Å². The normalized spacial score (nSPS) is 37.7. The highest BCUT2D eigenvalue weighted by Gasteiger charge is 2.54. The number of anilines is 1. The van der Waals surface area contributed by atoms with Crippen LogP contribution in [0.4, 0.5) is 14.6 Å². The number of aliphatic hydroxyl groups excluding tert-OH is 1. The molecule has 2 unspecified atom stereocenters. The van der Waals surface area contributed by atoms with Gasteiger partial charge in [-0.3, -0.25) is 27.5 Å². The van der Waals surface area contributed by atoms with Crippen molar-refractivity contribution in [2.24, 2.45) is 0 Å². The Kier molecular flexibility index (Phi) is 7.37. The topological polar surface area (TPSA) is 271 Å². The van der Waals surface area contributed by atoms with Crippen molar-refractivity contribution in [3.8, 4) is 0 Å². The Morgan fingerprint density at radius 2 is 1.64 bits per heavy atom. The lowest BCUT2D eigenvalue weighted by molar-refractivity contribution is -0.0670. The number of nitrogens with zero attached hydrogens (tertiary/aromatic N) is 6. The summed E-state index contributed by atoms with van der Waals surface area (Å²) in [6, 6.07) is 0. The van der Waals surface area contributed by atoms with Crippen molar-refractivity contribution in [3.63, 3.8) is 0 Å². The molecule has 10 atom stereocenters. The number of rotatable bonds is 2. The number of phosphoric acid groups is 2. The van der Waals surface area contributed by atoms with Gasteiger partial charge < -0.3 is 39.7 Å². The van der Waals surface area contributed by atoms with Gasteiger partial charge in [-0.2, -0.15) is 0 Å². The molecule has 0 saturated carbocycles. The molecule has 7 rings (SSSR count). The number of imidazole rings is 1. The number of nitrogens with two attached hydrogens (primary N) is 1. The van der Waals surface area contributed by atoms with E-state index in [1.165, 1.54) is 0 Å². The highest BCUT2D eigenvalue weighted by molar-refractivity contribution is 7.47. The maximum atomic E-state index is 15.9. The summed E-state index contributed by atoms with van der Waals surface area (Å²) in [4.78, 5) is 51.3. The molecule has 7 heterocycles. The first-order chi connectivity index (χ1) is 21.3. The number of fused-ring (bicyclic) bond motifs is 5. The van der Waals surface area contributed by atoms with Crippen LogP contribution in [0.25, 0.3) is 22.2 Å². The average Bonchev–Trinajstić information content (AvgIpc) is 3.71. The number of hydrogen-bond donors (Lipinski definition) is 5. The number of alkyl halides is 1. The van der Waals surface area contributed by atoms with Crippen molar-refractivity contribution in [3.05, 3.63) is 41.3 Å². The monoisotopic (exact) mass is 678 g/mol. The number of hydrogen-bond acceptors (Lipinski definition) is 15. The smallest absolute Gasteiger partial charge is 0.387 e. The molecule has 4 aromatic rings. The van der Waals surface area contributed by atoms with Gasteiger partial charge in [-0.25, -0.2) is 37.8 Å². The molecule has 0 aliphatic carbocycles. The van der Waals surface area contributed by atoms with Crippen molar-refractivity contribution in [1.29, 1.82) is 0 Å². The maximum Gasteiger partial charge on any atom is 0.472 e. The average molecular weight is 678 g/mol. The predicted octanol–water partition coefficient (Wildman–Crippen LogP) is -0.202. The third-order valence-electron chi connectivity index (χ3n) is 7.40. The second kappa shape index (κ2) is 10.9. The summed E-state index contributed by atoms with van der Waals surface area (Å²) in [7, 11) is -10.4. The third-order valence-corrected chi connectivity index (χ3v) is 9.37. The van der Waals surface area contributed by atoms with Crippen LogP contribution in [0.1, 0.15) is 12.5 Å². The van der Waals surface area contributed by atoms with Crippen molar-refractivity contribution in [1.82, 2.24) is 34.1 Å². The van der Waals surface area contributed by atoms with E-state index in [0.717, 1.165) is 34.3 Å². The predicted molar refractivity (Wildman–Crippen MR) is 140 cm³/mol. The van der Waals surface area contributed by atoms with Crippen LogP contribution in [-0.2, 0) is 36.7 Å². The molecule has 3 fully saturated rings. The number of H-pyrrole nitrogens is 1. The Hall–Kier alpha value is -3.27. The standard InChI is InChI=1S/C21H22F2N8O12P2/c22-7-1-30(17-10(7)19(33)28-5-26-17)21-15-13(32)8(40-21)2-38-44(34,35)42-14-9(3-39-45(36,37)43-15)41-20(11(14)23)31-6-29-12-16(24)25-4-27-18(12)31/h1,4-6,8-9,11,13-15,20-21,32H,2-3H2,(H,34,35)(H,36,37)(H2,24,25,27)(H,26,28,33)/t8-,9+,11+,13+,14+,15+,20+,21+/m0/s1. The van der Waals surface area contributed by atoms with Gasteiger partial charge >= 0.3 is 15.6 Å². The minimum absolute atomic E-state index is 0.0171. The Labute approximate surface area is 247 Å². The van der Waals surface area contributed by atoms with Gasteiger partial charge in [0.15, 0.2) is 41.6 Å². The molecular weight excluding hydrogens is 656 g/mol. The minimum atomic E-state index is -5.21. The van der Waals surface area contributed by atoms with Crippen LogP contribution >= 0.6 is 15.6 Å². The first-order valence-electron chi connectivity index (χ1n) is 12.9. The Morgan fingerprint density at radius 3 is 2.40 bits per heavy atom. The van der Waals surface area contributed by atoms with Gasteiger partial charge in [-0.15, -0.1) is 0 Å². The number of nitrogen functional groups attached to an aromatic ring is 1. The molecule has 3 aliphatic heterocycles. The lowest BCUT2D eigenvalue weighted by atomic mass is 10.1. The van der Waals surface area contributed by atoms with Gasteiger partial charge in [0.2, 0.25) is 0 Å². The molecule has 2 bridgehead atoms. The lowest BCUT2D eigenvalue weighted by Gasteiger charge is -2.25. The SMILES string of the molecule is Nc1ncnc2c1ncn2[C@@H]1O[C@@H]2COP(=O)(O)O[C@@H]3[C@H](O)[C@H](COP(=O)(O)O[C@H]2[C@H]1F)O[C@H]3n1cc(F)c2c(=O)[nH]cnc21. The van der Waals surface area contributed by atoms with Gasteiger partial charge in [0, 0.05) is 6.20 Å². The summed E-state index contributed by atoms with van der Waals surface area (Å²) < 4.78 is 90.5. The van der Waals surface area contributed by atoms with E-state index in [2.05, 4.69) is 24.9 Å². The fourth-order valence-corrected chi connectivity index (χ4v) is 7.26. The van der Waals surface area contributed by atoms with E-state index in [-0.39, 0.29) is 22.6 Å².